The van der Waals surface area contributed by atoms with E-state index in [-0.39, 0.29) is 24.0 Å². The zero-order valence-corrected chi connectivity index (χ0v) is 19.3. The lowest BCUT2D eigenvalue weighted by molar-refractivity contribution is 0.296. The van der Waals surface area contributed by atoms with Crippen LogP contribution in [0, 0.1) is 19.8 Å². The molecule has 5 nitrogen and oxygen atoms in total. The van der Waals surface area contributed by atoms with Crippen LogP contribution in [-0.4, -0.2) is 24.1 Å². The zero-order chi connectivity index (χ0) is 19.1. The Morgan fingerprint density at radius 2 is 2.04 bits per heavy atom. The maximum absolute atomic E-state index is 6.06. The second-order valence-electron chi connectivity index (χ2n) is 7.18. The lowest BCUT2D eigenvalue weighted by atomic mass is 10.1. The van der Waals surface area contributed by atoms with Crippen LogP contribution in [-0.2, 0) is 13.1 Å². The van der Waals surface area contributed by atoms with Gasteiger partial charge in [0.25, 0.3) is 0 Å². The SMILES string of the molecule is CCNC(=NCc1ccc(C)cc1OCC1CC1)NCc1ncccc1C.I. The van der Waals surface area contributed by atoms with Gasteiger partial charge in [-0.15, -0.1) is 24.0 Å². The summed E-state index contributed by atoms with van der Waals surface area (Å²) in [6.45, 7) is 9.10. The molecule has 3 rings (SSSR count). The Hall–Kier alpha value is -1.83. The van der Waals surface area contributed by atoms with Crippen molar-refractivity contribution in [2.24, 2.45) is 10.9 Å². The first-order chi connectivity index (χ1) is 13.2. The van der Waals surface area contributed by atoms with E-state index >= 15 is 0 Å². The van der Waals surface area contributed by atoms with Crippen molar-refractivity contribution in [1.82, 2.24) is 15.6 Å². The van der Waals surface area contributed by atoms with E-state index in [1.165, 1.54) is 24.0 Å². The first-order valence-electron chi connectivity index (χ1n) is 9.80. The van der Waals surface area contributed by atoms with Crippen LogP contribution in [0.4, 0.5) is 0 Å². The van der Waals surface area contributed by atoms with Crippen molar-refractivity contribution >= 4 is 29.9 Å². The van der Waals surface area contributed by atoms with Gasteiger partial charge in [0.05, 0.1) is 25.4 Å². The van der Waals surface area contributed by atoms with Gasteiger partial charge >= 0.3 is 0 Å². The Balaban J connectivity index is 0.00000280. The highest BCUT2D eigenvalue weighted by molar-refractivity contribution is 14.0. The molecule has 0 saturated heterocycles. The van der Waals surface area contributed by atoms with Gasteiger partial charge in [-0.05, 0) is 62.8 Å². The number of benzene rings is 1. The van der Waals surface area contributed by atoms with Gasteiger partial charge in [-0.2, -0.15) is 0 Å². The number of nitrogens with one attached hydrogen (secondary N) is 2. The highest BCUT2D eigenvalue weighted by Crippen LogP contribution is 2.30. The summed E-state index contributed by atoms with van der Waals surface area (Å²) < 4.78 is 6.06. The highest BCUT2D eigenvalue weighted by atomic mass is 127. The van der Waals surface area contributed by atoms with Crippen molar-refractivity contribution in [2.45, 2.75) is 46.7 Å². The number of hydrogen-bond donors (Lipinski definition) is 2. The molecule has 1 aliphatic carbocycles. The molecule has 0 aliphatic heterocycles. The predicted octanol–water partition coefficient (Wildman–Crippen LogP) is 4.36. The molecule has 2 aromatic rings. The molecule has 1 heterocycles. The second kappa shape index (κ2) is 11.2. The summed E-state index contributed by atoms with van der Waals surface area (Å²) in [4.78, 5) is 9.18. The Morgan fingerprint density at radius 3 is 2.75 bits per heavy atom. The molecule has 152 valence electrons. The highest BCUT2D eigenvalue weighted by Gasteiger charge is 2.22. The molecular weight excluding hydrogens is 463 g/mol. The van der Waals surface area contributed by atoms with Gasteiger partial charge < -0.3 is 15.4 Å². The van der Waals surface area contributed by atoms with E-state index in [0.29, 0.717) is 13.1 Å². The van der Waals surface area contributed by atoms with Crippen LogP contribution in [0.25, 0.3) is 0 Å². The Morgan fingerprint density at radius 1 is 1.21 bits per heavy atom. The molecule has 1 aromatic heterocycles. The Labute approximate surface area is 185 Å². The van der Waals surface area contributed by atoms with E-state index in [1.807, 2.05) is 12.3 Å². The quantitative estimate of drug-likeness (QED) is 0.325. The van der Waals surface area contributed by atoms with Crippen molar-refractivity contribution < 1.29 is 4.74 Å². The summed E-state index contributed by atoms with van der Waals surface area (Å²) in [7, 11) is 0. The van der Waals surface area contributed by atoms with Gasteiger partial charge in [0, 0.05) is 18.3 Å². The fraction of sp³-hybridized carbons (Fsp3) is 0.455. The van der Waals surface area contributed by atoms with Crippen LogP contribution in [0.1, 0.15) is 42.1 Å². The van der Waals surface area contributed by atoms with Crippen LogP contribution in [0.15, 0.2) is 41.5 Å². The number of ether oxygens (including phenoxy) is 1. The summed E-state index contributed by atoms with van der Waals surface area (Å²) >= 11 is 0. The number of aryl methyl sites for hydroxylation is 2. The van der Waals surface area contributed by atoms with E-state index in [4.69, 9.17) is 9.73 Å². The van der Waals surface area contributed by atoms with Gasteiger partial charge in [0.15, 0.2) is 5.96 Å². The molecular formula is C22H31IN4O. The van der Waals surface area contributed by atoms with Gasteiger partial charge in [-0.25, -0.2) is 4.99 Å². The zero-order valence-electron chi connectivity index (χ0n) is 17.0. The summed E-state index contributed by atoms with van der Waals surface area (Å²) in [5, 5.41) is 6.68. The number of guanidine groups is 1. The summed E-state index contributed by atoms with van der Waals surface area (Å²) in [5.74, 6) is 2.49. The number of halogens is 1. The summed E-state index contributed by atoms with van der Waals surface area (Å²) in [6.07, 6.45) is 4.41. The van der Waals surface area contributed by atoms with E-state index in [1.54, 1.807) is 0 Å². The number of aromatic nitrogens is 1. The predicted molar refractivity (Wildman–Crippen MR) is 125 cm³/mol. The largest absolute Gasteiger partial charge is 0.493 e. The van der Waals surface area contributed by atoms with Crippen molar-refractivity contribution in [3.63, 3.8) is 0 Å². The summed E-state index contributed by atoms with van der Waals surface area (Å²) in [5.41, 5.74) is 4.54. The molecule has 0 unspecified atom stereocenters. The van der Waals surface area contributed by atoms with Crippen LogP contribution >= 0.6 is 24.0 Å². The molecule has 0 bridgehead atoms. The third kappa shape index (κ3) is 6.96. The third-order valence-corrected chi connectivity index (χ3v) is 4.69. The molecule has 1 aromatic carbocycles. The molecule has 1 fully saturated rings. The second-order valence-corrected chi connectivity index (χ2v) is 7.18. The molecule has 28 heavy (non-hydrogen) atoms. The molecule has 0 atom stereocenters. The average Bonchev–Trinajstić information content (AvgIpc) is 3.49. The third-order valence-electron chi connectivity index (χ3n) is 4.69. The smallest absolute Gasteiger partial charge is 0.191 e. The number of pyridine rings is 1. The normalized spacial score (nSPS) is 13.6. The minimum absolute atomic E-state index is 0. The minimum atomic E-state index is 0. The van der Waals surface area contributed by atoms with Crippen LogP contribution < -0.4 is 15.4 Å². The van der Waals surface area contributed by atoms with Crippen LogP contribution in [0.3, 0.4) is 0 Å². The molecule has 0 spiro atoms. The average molecular weight is 494 g/mol. The lowest BCUT2D eigenvalue weighted by Gasteiger charge is -2.14. The Bertz CT molecular complexity index is 790. The molecule has 0 amide bonds. The minimum Gasteiger partial charge on any atom is -0.493 e. The molecule has 2 N–H and O–H groups in total. The monoisotopic (exact) mass is 494 g/mol. The molecule has 6 heteroatoms. The summed E-state index contributed by atoms with van der Waals surface area (Å²) in [6, 6.07) is 10.4. The number of rotatable bonds is 8. The van der Waals surface area contributed by atoms with Gasteiger partial charge in [-0.1, -0.05) is 18.2 Å². The van der Waals surface area contributed by atoms with Crippen molar-refractivity contribution in [3.05, 3.63) is 58.9 Å². The first kappa shape index (κ1) is 22.5. The van der Waals surface area contributed by atoms with Gasteiger partial charge in [0.1, 0.15) is 5.75 Å². The van der Waals surface area contributed by atoms with E-state index in [2.05, 4.69) is 60.7 Å². The Kier molecular flexibility index (Phi) is 9.02. The molecule has 1 aliphatic rings. The van der Waals surface area contributed by atoms with Crippen LogP contribution in [0.5, 0.6) is 5.75 Å². The number of aliphatic imine (C=N–C) groups is 1. The maximum Gasteiger partial charge on any atom is 0.191 e. The van der Waals surface area contributed by atoms with Crippen molar-refractivity contribution in [1.29, 1.82) is 0 Å². The fourth-order valence-corrected chi connectivity index (χ4v) is 2.80. The van der Waals surface area contributed by atoms with Crippen LogP contribution in [0.2, 0.25) is 0 Å². The van der Waals surface area contributed by atoms with E-state index in [0.717, 1.165) is 42.0 Å². The van der Waals surface area contributed by atoms with E-state index < -0.39 is 0 Å². The number of nitrogens with zero attached hydrogens (tertiary/aromatic N) is 2. The number of hydrogen-bond acceptors (Lipinski definition) is 3. The fourth-order valence-electron chi connectivity index (χ4n) is 2.80. The van der Waals surface area contributed by atoms with Crippen molar-refractivity contribution in [2.75, 3.05) is 13.2 Å². The maximum atomic E-state index is 6.06. The molecule has 0 radical (unpaired) electrons. The molecule has 1 saturated carbocycles. The van der Waals surface area contributed by atoms with Crippen molar-refractivity contribution in [3.8, 4) is 5.75 Å². The van der Waals surface area contributed by atoms with E-state index in [9.17, 15) is 0 Å². The lowest BCUT2D eigenvalue weighted by Crippen LogP contribution is -2.37. The standard InChI is InChI=1S/C22H30N4O.HI/c1-4-23-22(26-14-20-17(3)6-5-11-24-20)25-13-19-10-7-16(2)12-21(19)27-15-18-8-9-18;/h5-7,10-12,18H,4,8-9,13-15H2,1-3H3,(H2,23,25,26);1H. The topological polar surface area (TPSA) is 58.5 Å². The van der Waals surface area contributed by atoms with Gasteiger partial charge in [0.2, 0.25) is 0 Å². The van der Waals surface area contributed by atoms with Gasteiger partial charge in [-0.3, -0.25) is 4.98 Å². The first-order valence-corrected chi connectivity index (χ1v) is 9.80.